The molecule has 2 aromatic heterocycles. The van der Waals surface area contributed by atoms with Crippen LogP contribution in [0.3, 0.4) is 0 Å². The summed E-state index contributed by atoms with van der Waals surface area (Å²) in [6.07, 6.45) is 8.26. The van der Waals surface area contributed by atoms with E-state index in [9.17, 15) is 8.76 Å². The molecule has 35 heavy (non-hydrogen) atoms. The molecule has 0 saturated carbocycles. The molecule has 8 heteroatoms. The summed E-state index contributed by atoms with van der Waals surface area (Å²) in [5, 5.41) is 6.14. The van der Waals surface area contributed by atoms with Gasteiger partial charge in [-0.25, -0.2) is 9.50 Å². The zero-order valence-corrected chi connectivity index (χ0v) is 20.2. The van der Waals surface area contributed by atoms with Gasteiger partial charge in [0.2, 0.25) is 0 Å². The number of hydrogen-bond donors (Lipinski definition) is 1. The molecule has 3 heterocycles. The summed E-state index contributed by atoms with van der Waals surface area (Å²) >= 11 is -2.68. The van der Waals surface area contributed by atoms with Crippen molar-refractivity contribution in [2.24, 2.45) is 0 Å². The van der Waals surface area contributed by atoms with Gasteiger partial charge in [0.25, 0.3) is 0 Å². The molecule has 3 N–H and O–H groups in total. The van der Waals surface area contributed by atoms with Gasteiger partial charge in [-0.3, -0.25) is 4.90 Å². The Kier molecular flexibility index (Phi) is 6.44. The van der Waals surface area contributed by atoms with Gasteiger partial charge in [0.15, 0.2) is 10.5 Å². The van der Waals surface area contributed by atoms with E-state index in [2.05, 4.69) is 34.3 Å². The molecule has 178 valence electrons. The minimum Gasteiger partial charge on any atom is -0.612 e. The predicted octanol–water partition coefficient (Wildman–Crippen LogP) is 5.16. The Balaban J connectivity index is 0.00000253. The molecule has 0 spiro atoms. The van der Waals surface area contributed by atoms with E-state index in [4.69, 9.17) is 4.98 Å². The second kappa shape index (κ2) is 9.67. The first kappa shape index (κ1) is 23.3. The lowest BCUT2D eigenvalue weighted by molar-refractivity contribution is 0.331. The largest absolute Gasteiger partial charge is 0.612 e. The van der Waals surface area contributed by atoms with Gasteiger partial charge in [-0.2, -0.15) is 5.10 Å². The Bertz CT molecular complexity index is 1520. The van der Waals surface area contributed by atoms with Crippen molar-refractivity contribution < 1.29 is 8.76 Å². The summed E-state index contributed by atoms with van der Waals surface area (Å²) in [4.78, 5) is 7.56. The molecule has 6 rings (SSSR count). The minimum atomic E-state index is -2.68. The van der Waals surface area contributed by atoms with Gasteiger partial charge in [-0.15, -0.1) is 4.21 Å². The summed E-state index contributed by atoms with van der Waals surface area (Å²) in [5.74, 6) is 0. The van der Waals surface area contributed by atoms with Crippen LogP contribution in [-0.2, 0) is 21.8 Å². The van der Waals surface area contributed by atoms with Crippen molar-refractivity contribution in [3.8, 4) is 22.3 Å². The maximum absolute atomic E-state index is 11.7. The molecule has 1 saturated heterocycles. The number of likely N-dealkylation sites (tertiary alicyclic amines) is 1. The van der Waals surface area contributed by atoms with Crippen molar-refractivity contribution in [3.63, 3.8) is 0 Å². The van der Waals surface area contributed by atoms with E-state index in [0.717, 1.165) is 39.8 Å². The summed E-state index contributed by atoms with van der Waals surface area (Å²) in [6.45, 7) is 3.39. The van der Waals surface area contributed by atoms with Crippen molar-refractivity contribution in [1.29, 1.82) is 0 Å². The van der Waals surface area contributed by atoms with Crippen LogP contribution in [-0.4, -0.2) is 37.1 Å². The zero-order valence-electron chi connectivity index (χ0n) is 19.3. The topological polar surface area (TPSA) is 109 Å². The van der Waals surface area contributed by atoms with Crippen molar-refractivity contribution in [2.75, 3.05) is 13.1 Å². The van der Waals surface area contributed by atoms with E-state index in [1.165, 1.54) is 31.5 Å². The molecule has 1 aliphatic heterocycles. The molecule has 1 unspecified atom stereocenters. The van der Waals surface area contributed by atoms with Gasteiger partial charge in [-0.05, 0) is 66.2 Å². The fraction of sp³-hybridized carbons (Fsp3) is 0.185. The van der Waals surface area contributed by atoms with E-state index >= 15 is 0 Å². The second-order valence-electron chi connectivity index (χ2n) is 8.78. The van der Waals surface area contributed by atoms with E-state index in [1.54, 1.807) is 16.8 Å². The Morgan fingerprint density at radius 1 is 0.857 bits per heavy atom. The van der Waals surface area contributed by atoms with E-state index in [-0.39, 0.29) is 6.15 Å². The fourth-order valence-corrected chi connectivity index (χ4v) is 5.48. The first-order valence-electron chi connectivity index (χ1n) is 11.5. The number of thiol groups is 1. The Morgan fingerprint density at radius 2 is 1.60 bits per heavy atom. The minimum absolute atomic E-state index is 0. The first-order valence-corrected chi connectivity index (χ1v) is 12.7. The molecule has 0 amide bonds. The third-order valence-corrected chi connectivity index (χ3v) is 7.42. The average molecular weight is 486 g/mol. The molecule has 0 radical (unpaired) electrons. The van der Waals surface area contributed by atoms with E-state index in [1.807, 2.05) is 42.7 Å². The molecule has 0 bridgehead atoms. The summed E-state index contributed by atoms with van der Waals surface area (Å²) < 4.78 is 25.2. The highest BCUT2D eigenvalue weighted by Crippen LogP contribution is 2.34. The zero-order chi connectivity index (χ0) is 23.1. The highest BCUT2D eigenvalue weighted by Gasteiger charge is 2.16. The molecule has 1 atom stereocenters. The number of nitrogens with zero attached hydrogens (tertiary/aromatic N) is 4. The lowest BCUT2D eigenvalue weighted by Crippen LogP contribution is -2.18. The maximum atomic E-state index is 11.7. The number of aromatic nitrogens is 3. The Morgan fingerprint density at radius 3 is 2.34 bits per heavy atom. The molecular weight excluding hydrogens is 458 g/mol. The molecule has 1 fully saturated rings. The number of rotatable bonds is 5. The third kappa shape index (κ3) is 4.37. The highest BCUT2D eigenvalue weighted by atomic mass is 32.2. The van der Waals surface area contributed by atoms with Crippen LogP contribution in [0.2, 0.25) is 0 Å². The van der Waals surface area contributed by atoms with Gasteiger partial charge >= 0.3 is 0 Å². The Labute approximate surface area is 206 Å². The fourth-order valence-electron chi connectivity index (χ4n) is 4.89. The van der Waals surface area contributed by atoms with Crippen LogP contribution in [0.15, 0.2) is 84.1 Å². The van der Waals surface area contributed by atoms with Crippen LogP contribution in [0.25, 0.3) is 38.7 Å². The van der Waals surface area contributed by atoms with Crippen LogP contribution < -0.4 is 6.15 Å². The summed E-state index contributed by atoms with van der Waals surface area (Å²) in [5.41, 5.74) is 5.95. The lowest BCUT2D eigenvalue weighted by Gasteiger charge is -2.14. The van der Waals surface area contributed by atoms with Gasteiger partial charge in [0.05, 0.1) is 17.3 Å². The normalized spacial score (nSPS) is 14.9. The second-order valence-corrected chi connectivity index (χ2v) is 9.78. The van der Waals surface area contributed by atoms with Gasteiger partial charge < -0.3 is 10.7 Å². The molecule has 5 aromatic rings. The summed E-state index contributed by atoms with van der Waals surface area (Å²) in [6, 6.07) is 19.7. The Hall–Kier alpha value is -3.43. The van der Waals surface area contributed by atoms with Crippen LogP contribution in [0.5, 0.6) is 0 Å². The van der Waals surface area contributed by atoms with Crippen molar-refractivity contribution in [3.05, 3.63) is 84.8 Å². The first-order chi connectivity index (χ1) is 16.7. The van der Waals surface area contributed by atoms with Crippen LogP contribution in [0.4, 0.5) is 0 Å². The predicted molar refractivity (Wildman–Crippen MR) is 139 cm³/mol. The van der Waals surface area contributed by atoms with Crippen LogP contribution in [0.1, 0.15) is 18.4 Å². The van der Waals surface area contributed by atoms with Crippen molar-refractivity contribution in [2.45, 2.75) is 24.3 Å². The molecule has 0 aliphatic carbocycles. The van der Waals surface area contributed by atoms with Crippen molar-refractivity contribution in [1.82, 2.24) is 25.6 Å². The van der Waals surface area contributed by atoms with E-state index < -0.39 is 11.1 Å². The highest BCUT2D eigenvalue weighted by molar-refractivity contribution is 7.79. The smallest absolute Gasteiger partial charge is 0.162 e. The monoisotopic (exact) mass is 485 g/mol. The molecule has 7 nitrogen and oxygen atoms in total. The quantitative estimate of drug-likeness (QED) is 0.272. The van der Waals surface area contributed by atoms with Gasteiger partial charge in [0.1, 0.15) is 0 Å². The van der Waals surface area contributed by atoms with Crippen molar-refractivity contribution >= 4 is 27.5 Å². The summed E-state index contributed by atoms with van der Waals surface area (Å²) in [7, 11) is 0. The average Bonchev–Trinajstić information content (AvgIpc) is 3.53. The standard InChI is InChI=1S/C27H24N4O2S.H3N/c32-34(33)26-12-11-23(22-5-1-2-6-24(22)26)25-16-29-31-18-21(15-28-27(25)31)20-9-7-19(8-10-20)17-30-13-3-4-14-30;/h1-2,5-12,15-16,18,34H,3-4,13-14,17H2;1H3. The SMILES string of the molecule is N.O=[SH+]([O-])c1ccc(-c2cnn3cc(-c4ccc(CN5CCCC5)cc4)cnc23)c2ccccc12. The van der Waals surface area contributed by atoms with E-state index in [0.29, 0.717) is 10.3 Å². The number of hydrogen-bond acceptors (Lipinski definition) is 6. The lowest BCUT2D eigenvalue weighted by atomic mass is 10.00. The third-order valence-electron chi connectivity index (χ3n) is 6.64. The van der Waals surface area contributed by atoms with Crippen LogP contribution in [0, 0.1) is 0 Å². The van der Waals surface area contributed by atoms with Gasteiger partial charge in [-0.1, -0.05) is 42.5 Å². The number of fused-ring (bicyclic) bond motifs is 2. The molecule has 3 aromatic carbocycles. The molecular formula is C27H27N5O2S. The molecule has 1 aliphatic rings. The van der Waals surface area contributed by atoms with Gasteiger partial charge in [0, 0.05) is 35.5 Å². The number of benzene rings is 3. The van der Waals surface area contributed by atoms with Crippen LogP contribution >= 0.6 is 0 Å². The maximum Gasteiger partial charge on any atom is 0.162 e.